The molecule has 0 bridgehead atoms. The van der Waals surface area contributed by atoms with Gasteiger partial charge >= 0.3 is 0 Å². The maximum atomic E-state index is 5.15. The van der Waals surface area contributed by atoms with Crippen molar-refractivity contribution in [3.05, 3.63) is 0 Å². The highest BCUT2D eigenvalue weighted by atomic mass is 15.2. The molecule has 0 aromatic rings. The molecule has 0 radical (unpaired) electrons. The molecule has 1 saturated heterocycles. The number of nitrogens with one attached hydrogen (secondary N) is 1. The minimum atomic E-state index is 0.681. The molecule has 86 valence electrons. The molecule has 3 heteroatoms. The standard InChI is InChI=1S/C12H23N3/c1-3-6-13-7-10-14(2)11-12-15-8-4-5-9-15/h1,13H,4-12H2,2H3. The van der Waals surface area contributed by atoms with Crippen LogP contribution in [0.3, 0.4) is 0 Å². The Morgan fingerprint density at radius 3 is 2.73 bits per heavy atom. The normalized spacial score (nSPS) is 17.1. The topological polar surface area (TPSA) is 18.5 Å². The van der Waals surface area contributed by atoms with Crippen molar-refractivity contribution in [2.75, 3.05) is 52.9 Å². The van der Waals surface area contributed by atoms with Crippen molar-refractivity contribution < 1.29 is 0 Å². The molecule has 1 aliphatic rings. The largest absolute Gasteiger partial charge is 0.305 e. The van der Waals surface area contributed by atoms with Gasteiger partial charge in [0.1, 0.15) is 0 Å². The van der Waals surface area contributed by atoms with E-state index >= 15 is 0 Å². The average molecular weight is 209 g/mol. The van der Waals surface area contributed by atoms with Crippen molar-refractivity contribution in [3.63, 3.8) is 0 Å². The summed E-state index contributed by atoms with van der Waals surface area (Å²) in [6.45, 7) is 7.71. The number of hydrogen-bond acceptors (Lipinski definition) is 3. The van der Waals surface area contributed by atoms with Crippen LogP contribution < -0.4 is 5.32 Å². The summed E-state index contributed by atoms with van der Waals surface area (Å²) in [6, 6.07) is 0. The van der Waals surface area contributed by atoms with Crippen LogP contribution in [0.1, 0.15) is 12.8 Å². The van der Waals surface area contributed by atoms with Crippen LogP contribution in [0.25, 0.3) is 0 Å². The Balaban J connectivity index is 1.93. The Kier molecular flexibility index (Phi) is 6.42. The van der Waals surface area contributed by atoms with E-state index < -0.39 is 0 Å². The summed E-state index contributed by atoms with van der Waals surface area (Å²) in [6.07, 6.45) is 7.92. The van der Waals surface area contributed by atoms with Crippen molar-refractivity contribution in [1.29, 1.82) is 0 Å². The molecule has 15 heavy (non-hydrogen) atoms. The molecular weight excluding hydrogens is 186 g/mol. The van der Waals surface area contributed by atoms with Crippen molar-refractivity contribution in [2.24, 2.45) is 0 Å². The molecule has 1 N–H and O–H groups in total. The second kappa shape index (κ2) is 7.70. The quantitative estimate of drug-likeness (QED) is 0.478. The SMILES string of the molecule is C#CCNCCN(C)CCN1CCCC1. The molecule has 1 aliphatic heterocycles. The third kappa shape index (κ3) is 5.78. The van der Waals surface area contributed by atoms with Crippen molar-refractivity contribution in [3.8, 4) is 12.3 Å². The van der Waals surface area contributed by atoms with Crippen LogP contribution >= 0.6 is 0 Å². The average Bonchev–Trinajstić information content (AvgIpc) is 2.74. The van der Waals surface area contributed by atoms with E-state index in [-0.39, 0.29) is 0 Å². The fourth-order valence-electron chi connectivity index (χ4n) is 1.86. The number of likely N-dealkylation sites (N-methyl/N-ethyl adjacent to an activating group) is 1. The second-order valence-corrected chi connectivity index (χ2v) is 4.23. The Bertz CT molecular complexity index is 192. The predicted molar refractivity (Wildman–Crippen MR) is 64.9 cm³/mol. The highest BCUT2D eigenvalue weighted by Gasteiger charge is 2.11. The van der Waals surface area contributed by atoms with Crippen molar-refractivity contribution in [1.82, 2.24) is 15.1 Å². The predicted octanol–water partition coefficient (Wildman–Crippen LogP) is 0.237. The van der Waals surface area contributed by atoms with Gasteiger partial charge < -0.3 is 15.1 Å². The van der Waals surface area contributed by atoms with Crippen LogP contribution in [0.2, 0.25) is 0 Å². The van der Waals surface area contributed by atoms with Gasteiger partial charge in [0.25, 0.3) is 0 Å². The molecule has 0 aliphatic carbocycles. The summed E-state index contributed by atoms with van der Waals surface area (Å²) in [7, 11) is 2.17. The molecule has 0 unspecified atom stereocenters. The lowest BCUT2D eigenvalue weighted by atomic mass is 10.4. The van der Waals surface area contributed by atoms with Gasteiger partial charge in [0.05, 0.1) is 6.54 Å². The lowest BCUT2D eigenvalue weighted by Gasteiger charge is -2.21. The van der Waals surface area contributed by atoms with E-state index in [1.807, 2.05) is 0 Å². The Morgan fingerprint density at radius 2 is 2.07 bits per heavy atom. The first kappa shape index (κ1) is 12.5. The van der Waals surface area contributed by atoms with E-state index in [1.165, 1.54) is 32.5 Å². The lowest BCUT2D eigenvalue weighted by molar-refractivity contribution is 0.258. The van der Waals surface area contributed by atoms with Crippen LogP contribution in [0, 0.1) is 12.3 Å². The fourth-order valence-corrected chi connectivity index (χ4v) is 1.86. The molecule has 0 saturated carbocycles. The van der Waals surface area contributed by atoms with Gasteiger partial charge in [-0.2, -0.15) is 0 Å². The van der Waals surface area contributed by atoms with Gasteiger partial charge in [-0.05, 0) is 33.0 Å². The molecule has 1 fully saturated rings. The minimum absolute atomic E-state index is 0.681. The van der Waals surface area contributed by atoms with E-state index in [0.29, 0.717) is 6.54 Å². The molecule has 0 aromatic heterocycles. The van der Waals surface area contributed by atoms with Crippen molar-refractivity contribution in [2.45, 2.75) is 12.8 Å². The third-order valence-electron chi connectivity index (χ3n) is 2.89. The highest BCUT2D eigenvalue weighted by molar-refractivity contribution is 4.86. The first-order chi connectivity index (χ1) is 7.33. The zero-order valence-corrected chi connectivity index (χ0v) is 9.84. The fraction of sp³-hybridized carbons (Fsp3) is 0.833. The minimum Gasteiger partial charge on any atom is -0.305 e. The van der Waals surface area contributed by atoms with Gasteiger partial charge in [0.2, 0.25) is 0 Å². The number of rotatable bonds is 7. The van der Waals surface area contributed by atoms with Gasteiger partial charge in [0, 0.05) is 26.2 Å². The monoisotopic (exact) mass is 209 g/mol. The van der Waals surface area contributed by atoms with Crippen LogP contribution in [0.4, 0.5) is 0 Å². The van der Waals surface area contributed by atoms with Crippen LogP contribution in [-0.2, 0) is 0 Å². The summed E-state index contributed by atoms with van der Waals surface area (Å²) in [5.74, 6) is 2.58. The summed E-state index contributed by atoms with van der Waals surface area (Å²) in [4.78, 5) is 4.91. The molecule has 0 spiro atoms. The smallest absolute Gasteiger partial charge is 0.0574 e. The van der Waals surface area contributed by atoms with Gasteiger partial charge in [0.15, 0.2) is 0 Å². The molecule has 0 aromatic carbocycles. The first-order valence-corrected chi connectivity index (χ1v) is 5.88. The summed E-state index contributed by atoms with van der Waals surface area (Å²) in [5.41, 5.74) is 0. The molecule has 3 nitrogen and oxygen atoms in total. The van der Waals surface area contributed by atoms with E-state index in [9.17, 15) is 0 Å². The maximum absolute atomic E-state index is 5.15. The van der Waals surface area contributed by atoms with Crippen LogP contribution in [0.5, 0.6) is 0 Å². The van der Waals surface area contributed by atoms with E-state index in [2.05, 4.69) is 28.1 Å². The Morgan fingerprint density at radius 1 is 1.33 bits per heavy atom. The van der Waals surface area contributed by atoms with Gasteiger partial charge in [-0.25, -0.2) is 0 Å². The number of nitrogens with zero attached hydrogens (tertiary/aromatic N) is 2. The summed E-state index contributed by atoms with van der Waals surface area (Å²) in [5, 5.41) is 3.20. The Labute approximate surface area is 93.8 Å². The first-order valence-electron chi connectivity index (χ1n) is 5.88. The van der Waals surface area contributed by atoms with Crippen molar-refractivity contribution >= 4 is 0 Å². The van der Waals surface area contributed by atoms with Gasteiger partial charge in [-0.3, -0.25) is 0 Å². The highest BCUT2D eigenvalue weighted by Crippen LogP contribution is 2.06. The summed E-state index contributed by atoms with van der Waals surface area (Å²) >= 11 is 0. The molecule has 0 amide bonds. The molecule has 0 atom stereocenters. The molecule has 1 rings (SSSR count). The number of terminal acetylenes is 1. The lowest BCUT2D eigenvalue weighted by Crippen LogP contribution is -2.35. The Hall–Kier alpha value is -0.560. The zero-order valence-electron chi connectivity index (χ0n) is 9.84. The third-order valence-corrected chi connectivity index (χ3v) is 2.89. The van der Waals surface area contributed by atoms with Crippen LogP contribution in [-0.4, -0.2) is 62.7 Å². The van der Waals surface area contributed by atoms with Gasteiger partial charge in [-0.1, -0.05) is 5.92 Å². The number of likely N-dealkylation sites (tertiary alicyclic amines) is 1. The molecule has 1 heterocycles. The van der Waals surface area contributed by atoms with Crippen LogP contribution in [0.15, 0.2) is 0 Å². The van der Waals surface area contributed by atoms with E-state index in [4.69, 9.17) is 6.42 Å². The molecular formula is C12H23N3. The number of hydrogen-bond donors (Lipinski definition) is 1. The maximum Gasteiger partial charge on any atom is 0.0574 e. The second-order valence-electron chi connectivity index (χ2n) is 4.23. The van der Waals surface area contributed by atoms with E-state index in [0.717, 1.165) is 19.6 Å². The van der Waals surface area contributed by atoms with Gasteiger partial charge in [-0.15, -0.1) is 6.42 Å². The van der Waals surface area contributed by atoms with E-state index in [1.54, 1.807) is 0 Å². The zero-order chi connectivity index (χ0) is 10.9. The summed E-state index contributed by atoms with van der Waals surface area (Å²) < 4.78 is 0.